The number of Topliss-reactive ketones (excluding diaryl/α,β-unsaturated/α-hetero) is 1. The Balaban J connectivity index is 1.55. The van der Waals surface area contributed by atoms with Crippen LogP contribution in [0.15, 0.2) is 72.6 Å². The van der Waals surface area contributed by atoms with Gasteiger partial charge in [-0.3, -0.25) is 19.5 Å². The number of thiazole rings is 1. The average molecular weight is 548 g/mol. The molecule has 1 aliphatic rings. The van der Waals surface area contributed by atoms with Crippen LogP contribution in [-0.4, -0.2) is 33.4 Å². The lowest BCUT2D eigenvalue weighted by Crippen LogP contribution is -2.29. The molecule has 2 aromatic heterocycles. The van der Waals surface area contributed by atoms with Gasteiger partial charge in [0.2, 0.25) is 0 Å². The first-order valence-electron chi connectivity index (χ1n) is 12.5. The Labute approximate surface area is 229 Å². The van der Waals surface area contributed by atoms with Crippen LogP contribution in [0.3, 0.4) is 0 Å². The maximum absolute atomic E-state index is 13.4. The lowest BCUT2D eigenvalue weighted by Gasteiger charge is -2.23. The number of ketones is 1. The highest BCUT2D eigenvalue weighted by molar-refractivity contribution is 7.22. The van der Waals surface area contributed by atoms with E-state index in [9.17, 15) is 14.7 Å². The van der Waals surface area contributed by atoms with E-state index in [-0.39, 0.29) is 11.3 Å². The molecule has 1 amide bonds. The number of benzene rings is 2. The molecule has 1 unspecified atom stereocenters. The van der Waals surface area contributed by atoms with E-state index in [1.807, 2.05) is 24.3 Å². The third kappa shape index (κ3) is 5.14. The number of aliphatic hydroxyl groups is 1. The summed E-state index contributed by atoms with van der Waals surface area (Å²) in [7, 11) is 0. The molecular weight excluding hydrogens is 522 g/mol. The van der Waals surface area contributed by atoms with Gasteiger partial charge in [-0.15, -0.1) is 0 Å². The van der Waals surface area contributed by atoms with Gasteiger partial charge < -0.3 is 9.84 Å². The smallest absolute Gasteiger partial charge is 0.301 e. The number of nitrogens with zero attached hydrogens (tertiary/aromatic N) is 3. The van der Waals surface area contributed by atoms with Crippen LogP contribution in [0.4, 0.5) is 5.13 Å². The maximum Gasteiger partial charge on any atom is 0.301 e. The van der Waals surface area contributed by atoms with Crippen LogP contribution in [-0.2, 0) is 9.59 Å². The third-order valence-electron chi connectivity index (χ3n) is 6.41. The lowest BCUT2D eigenvalue weighted by molar-refractivity contribution is -0.132. The molecule has 1 atom stereocenters. The van der Waals surface area contributed by atoms with Crippen LogP contribution in [0.1, 0.15) is 49.8 Å². The maximum atomic E-state index is 13.4. The van der Waals surface area contributed by atoms with Crippen LogP contribution in [0.25, 0.3) is 16.0 Å². The first-order valence-corrected chi connectivity index (χ1v) is 13.7. The zero-order chi connectivity index (χ0) is 26.6. The summed E-state index contributed by atoms with van der Waals surface area (Å²) in [5.41, 5.74) is 1.70. The fraction of sp³-hybridized carbons (Fsp3) is 0.241. The third-order valence-corrected chi connectivity index (χ3v) is 7.66. The number of halogens is 1. The van der Waals surface area contributed by atoms with Crippen molar-refractivity contribution in [1.82, 2.24) is 9.97 Å². The number of carbonyl (C=O) groups is 2. The van der Waals surface area contributed by atoms with Gasteiger partial charge in [0.25, 0.3) is 5.78 Å². The Morgan fingerprint density at radius 1 is 1.05 bits per heavy atom. The molecule has 0 spiro atoms. The van der Waals surface area contributed by atoms with Crippen LogP contribution in [0.2, 0.25) is 5.02 Å². The normalized spacial score (nSPS) is 16.9. The van der Waals surface area contributed by atoms with Gasteiger partial charge in [-0.2, -0.15) is 0 Å². The van der Waals surface area contributed by atoms with E-state index >= 15 is 0 Å². The minimum Gasteiger partial charge on any atom is -0.507 e. The van der Waals surface area contributed by atoms with E-state index in [2.05, 4.69) is 16.9 Å². The van der Waals surface area contributed by atoms with Gasteiger partial charge >= 0.3 is 5.91 Å². The van der Waals surface area contributed by atoms with E-state index in [4.69, 9.17) is 16.3 Å². The van der Waals surface area contributed by atoms with E-state index in [0.717, 1.165) is 24.0 Å². The summed E-state index contributed by atoms with van der Waals surface area (Å²) in [6.45, 7) is 2.79. The summed E-state index contributed by atoms with van der Waals surface area (Å²) in [5.74, 6) is -1.10. The summed E-state index contributed by atoms with van der Waals surface area (Å²) < 4.78 is 6.67. The molecule has 0 saturated carbocycles. The molecule has 7 nitrogen and oxygen atoms in total. The molecule has 1 fully saturated rings. The molecule has 4 aromatic rings. The summed E-state index contributed by atoms with van der Waals surface area (Å²) in [6, 6.07) is 14.8. The molecule has 38 heavy (non-hydrogen) atoms. The number of rotatable bonds is 9. The Hall–Kier alpha value is -3.75. The van der Waals surface area contributed by atoms with Crippen molar-refractivity contribution < 1.29 is 19.4 Å². The van der Waals surface area contributed by atoms with Gasteiger partial charge in [0, 0.05) is 23.0 Å². The number of pyridine rings is 1. The molecule has 0 aliphatic carbocycles. The average Bonchev–Trinajstić information content (AvgIpc) is 3.46. The van der Waals surface area contributed by atoms with Gasteiger partial charge in [0.05, 0.1) is 28.4 Å². The summed E-state index contributed by atoms with van der Waals surface area (Å²) in [4.78, 5) is 36.7. The highest BCUT2D eigenvalue weighted by Crippen LogP contribution is 2.44. The van der Waals surface area contributed by atoms with E-state index in [0.29, 0.717) is 39.2 Å². The summed E-state index contributed by atoms with van der Waals surface area (Å²) in [5, 5.41) is 12.1. The van der Waals surface area contributed by atoms with E-state index in [1.165, 1.54) is 35.1 Å². The summed E-state index contributed by atoms with van der Waals surface area (Å²) in [6.07, 6.45) is 7.47. The number of carbonyl (C=O) groups excluding carboxylic acids is 2. The summed E-state index contributed by atoms with van der Waals surface area (Å²) >= 11 is 7.42. The number of aliphatic hydroxyl groups excluding tert-OH is 1. The predicted molar refractivity (Wildman–Crippen MR) is 150 cm³/mol. The Bertz CT molecular complexity index is 1500. The standard InChI is InChI=1S/C29H26ClN3O4S/c1-2-3-4-5-16-37-21-9-6-18(7-10-21)25-24(26(34)19-12-14-31-15-13-19)27(35)28(36)33(25)29-32-22-11-8-20(30)17-23(22)38-29/h6-15,17,25,34H,2-5,16H2,1H3. The molecule has 2 aromatic carbocycles. The lowest BCUT2D eigenvalue weighted by atomic mass is 9.95. The number of unbranched alkanes of at least 4 members (excludes halogenated alkanes) is 3. The van der Waals surface area contributed by atoms with E-state index < -0.39 is 17.7 Å². The molecule has 0 radical (unpaired) electrons. The van der Waals surface area contributed by atoms with Crippen molar-refractivity contribution in [2.45, 2.75) is 38.6 Å². The zero-order valence-corrected chi connectivity index (χ0v) is 22.3. The van der Waals surface area contributed by atoms with Crippen molar-refractivity contribution in [3.63, 3.8) is 0 Å². The highest BCUT2D eigenvalue weighted by Gasteiger charge is 2.48. The van der Waals surface area contributed by atoms with Crippen LogP contribution < -0.4 is 9.64 Å². The van der Waals surface area contributed by atoms with Crippen molar-refractivity contribution in [1.29, 1.82) is 0 Å². The molecule has 1 N–H and O–H groups in total. The number of amides is 1. The highest BCUT2D eigenvalue weighted by atomic mass is 35.5. The molecule has 1 aliphatic heterocycles. The Morgan fingerprint density at radius 3 is 2.55 bits per heavy atom. The van der Waals surface area contributed by atoms with Gasteiger partial charge in [-0.1, -0.05) is 61.3 Å². The second kappa shape index (κ2) is 11.3. The van der Waals surface area contributed by atoms with Gasteiger partial charge in [0.1, 0.15) is 11.5 Å². The Kier molecular flexibility index (Phi) is 7.72. The second-order valence-electron chi connectivity index (χ2n) is 8.99. The molecule has 5 rings (SSSR count). The SMILES string of the molecule is CCCCCCOc1ccc(C2C(=C(O)c3ccncc3)C(=O)C(=O)N2c2nc3ccc(Cl)cc3s2)cc1. The Morgan fingerprint density at radius 2 is 1.82 bits per heavy atom. The number of hydrogen-bond acceptors (Lipinski definition) is 7. The van der Waals surface area contributed by atoms with Crippen molar-refractivity contribution in [3.05, 3.63) is 88.7 Å². The van der Waals surface area contributed by atoms with Crippen molar-refractivity contribution in [2.24, 2.45) is 0 Å². The minimum absolute atomic E-state index is 0.00766. The molecule has 3 heterocycles. The first kappa shape index (κ1) is 25.9. The van der Waals surface area contributed by atoms with Crippen LogP contribution in [0.5, 0.6) is 5.75 Å². The van der Waals surface area contributed by atoms with Gasteiger partial charge in [0.15, 0.2) is 5.13 Å². The zero-order valence-electron chi connectivity index (χ0n) is 20.8. The van der Waals surface area contributed by atoms with E-state index in [1.54, 1.807) is 30.3 Å². The minimum atomic E-state index is -0.877. The monoisotopic (exact) mass is 547 g/mol. The molecule has 9 heteroatoms. The van der Waals surface area contributed by atoms with Crippen LogP contribution in [0, 0.1) is 0 Å². The topological polar surface area (TPSA) is 92.6 Å². The molecule has 0 bridgehead atoms. The van der Waals surface area contributed by atoms with Crippen molar-refractivity contribution in [3.8, 4) is 5.75 Å². The van der Waals surface area contributed by atoms with Gasteiger partial charge in [-0.25, -0.2) is 4.98 Å². The van der Waals surface area contributed by atoms with Crippen molar-refractivity contribution >= 4 is 55.7 Å². The first-order chi connectivity index (χ1) is 18.5. The number of aromatic nitrogens is 2. The fourth-order valence-electron chi connectivity index (χ4n) is 4.47. The van der Waals surface area contributed by atoms with Gasteiger partial charge in [-0.05, 0) is 54.4 Å². The number of ether oxygens (including phenoxy) is 1. The number of fused-ring (bicyclic) bond motifs is 1. The fourth-order valence-corrected chi connectivity index (χ4v) is 5.73. The predicted octanol–water partition coefficient (Wildman–Crippen LogP) is 6.93. The molecule has 194 valence electrons. The molecular formula is C29H26ClN3O4S. The van der Waals surface area contributed by atoms with Crippen molar-refractivity contribution in [2.75, 3.05) is 11.5 Å². The quantitative estimate of drug-likeness (QED) is 0.106. The molecule has 1 saturated heterocycles. The number of anilines is 1. The largest absolute Gasteiger partial charge is 0.507 e. The van der Waals surface area contributed by atoms with Crippen LogP contribution >= 0.6 is 22.9 Å². The second-order valence-corrected chi connectivity index (χ2v) is 10.4. The number of hydrogen-bond donors (Lipinski definition) is 1.